The Bertz CT molecular complexity index is 1340. The number of aryl methyl sites for hydroxylation is 1. The maximum Gasteiger partial charge on any atom is 0.192 e. The molecule has 222 valence electrons. The number of hydrogen-bond donors (Lipinski definition) is 2. The highest BCUT2D eigenvalue weighted by molar-refractivity contribution is 7.80. The largest absolute Gasteiger partial charge is 0.500 e. The number of benzene rings is 1. The highest BCUT2D eigenvalue weighted by atomic mass is 32.1. The summed E-state index contributed by atoms with van der Waals surface area (Å²) in [4.78, 5) is 18.7. The molecule has 9 atom stereocenters. The number of nitrogens with zero attached hydrogens (tertiary/aromatic N) is 1. The average Bonchev–Trinajstić information content (AvgIpc) is 3.41. The monoisotopic (exact) mass is 589 g/mol. The average molecular weight is 590 g/mol. The zero-order valence-corrected chi connectivity index (χ0v) is 24.5. The van der Waals surface area contributed by atoms with E-state index in [0.29, 0.717) is 19.5 Å². The SMILES string of the molecule is CCCc1ccc(CN2C[C@@H]3C[C@H]4[C@@H]5C[C@H](F)C6=CC(=O)C=C[C@]6(C)[C@@]5(F)[C@@](O)(CF)C[C@]4(C)[C@]3(C(O)=S)O2)cc1. The molecule has 41 heavy (non-hydrogen) atoms. The van der Waals surface area contributed by atoms with Gasteiger partial charge in [-0.3, -0.25) is 9.63 Å². The third-order valence-corrected chi connectivity index (χ3v) is 11.6. The van der Waals surface area contributed by atoms with Crippen molar-refractivity contribution >= 4 is 23.1 Å². The minimum absolute atomic E-state index is 0.0582. The fourth-order valence-corrected chi connectivity index (χ4v) is 10.0. The lowest BCUT2D eigenvalue weighted by atomic mass is 9.41. The van der Waals surface area contributed by atoms with Crippen LogP contribution in [0.2, 0.25) is 0 Å². The fraction of sp³-hybridized carbons (Fsp3) is 0.625. The Morgan fingerprint density at radius 3 is 2.49 bits per heavy atom. The van der Waals surface area contributed by atoms with Crippen LogP contribution in [0.5, 0.6) is 0 Å². The van der Waals surface area contributed by atoms with Gasteiger partial charge in [0.1, 0.15) is 18.4 Å². The number of ketones is 1. The minimum atomic E-state index is -2.60. The molecule has 4 aliphatic carbocycles. The number of rotatable bonds is 6. The Morgan fingerprint density at radius 2 is 1.85 bits per heavy atom. The van der Waals surface area contributed by atoms with Crippen molar-refractivity contribution in [3.05, 3.63) is 59.2 Å². The molecule has 0 bridgehead atoms. The Labute approximate surface area is 244 Å². The molecule has 2 N–H and O–H groups in total. The summed E-state index contributed by atoms with van der Waals surface area (Å²) >= 11 is 5.43. The molecule has 0 unspecified atom stereocenters. The molecule has 0 radical (unpaired) electrons. The molecule has 1 aromatic rings. The topological polar surface area (TPSA) is 70.0 Å². The summed E-state index contributed by atoms with van der Waals surface area (Å²) in [7, 11) is 0. The maximum absolute atomic E-state index is 17.8. The van der Waals surface area contributed by atoms with E-state index in [4.69, 9.17) is 17.1 Å². The molecule has 9 heteroatoms. The molecule has 1 heterocycles. The number of aliphatic hydroxyl groups excluding tert-OH is 1. The van der Waals surface area contributed by atoms with Crippen LogP contribution in [0.15, 0.2) is 48.1 Å². The van der Waals surface area contributed by atoms with Gasteiger partial charge in [-0.2, -0.15) is 5.06 Å². The van der Waals surface area contributed by atoms with E-state index in [1.165, 1.54) is 24.6 Å². The number of halogens is 3. The second kappa shape index (κ2) is 9.46. The lowest BCUT2D eigenvalue weighted by Gasteiger charge is -2.66. The zero-order valence-electron chi connectivity index (χ0n) is 23.7. The summed E-state index contributed by atoms with van der Waals surface area (Å²) in [6.45, 7) is 4.74. The first-order valence-electron chi connectivity index (χ1n) is 14.6. The van der Waals surface area contributed by atoms with Gasteiger partial charge in [-0.15, -0.1) is 0 Å². The summed E-state index contributed by atoms with van der Waals surface area (Å²) in [6, 6.07) is 8.23. The quantitative estimate of drug-likeness (QED) is 0.403. The first-order valence-corrected chi connectivity index (χ1v) is 15.0. The van der Waals surface area contributed by atoms with Crippen molar-refractivity contribution in [2.75, 3.05) is 13.2 Å². The van der Waals surface area contributed by atoms with Gasteiger partial charge in [0.05, 0.1) is 0 Å². The molecule has 0 spiro atoms. The van der Waals surface area contributed by atoms with Crippen LogP contribution in [0, 0.1) is 28.6 Å². The highest BCUT2D eigenvalue weighted by Crippen LogP contribution is 2.75. The number of hydroxylamine groups is 2. The normalized spacial score (nSPS) is 45.0. The predicted octanol–water partition coefficient (Wildman–Crippen LogP) is 5.90. The molecule has 4 fully saturated rings. The molecule has 0 aromatic heterocycles. The Hall–Kier alpha value is -2.07. The van der Waals surface area contributed by atoms with Crippen LogP contribution in [0.25, 0.3) is 0 Å². The van der Waals surface area contributed by atoms with Gasteiger partial charge >= 0.3 is 0 Å². The van der Waals surface area contributed by atoms with Gasteiger partial charge in [-0.25, -0.2) is 13.2 Å². The minimum Gasteiger partial charge on any atom is -0.500 e. The zero-order chi connectivity index (χ0) is 29.6. The van der Waals surface area contributed by atoms with Crippen LogP contribution in [-0.2, 0) is 22.6 Å². The lowest BCUT2D eigenvalue weighted by molar-refractivity contribution is -0.291. The Morgan fingerprint density at radius 1 is 1.17 bits per heavy atom. The van der Waals surface area contributed by atoms with E-state index >= 15 is 13.2 Å². The highest BCUT2D eigenvalue weighted by Gasteiger charge is 2.82. The summed E-state index contributed by atoms with van der Waals surface area (Å²) in [6.07, 6.45) is 3.65. The van der Waals surface area contributed by atoms with Crippen molar-refractivity contribution in [2.24, 2.45) is 28.6 Å². The van der Waals surface area contributed by atoms with Gasteiger partial charge in [-0.05, 0) is 79.6 Å². The van der Waals surface area contributed by atoms with Crippen molar-refractivity contribution < 1.29 is 33.0 Å². The molecule has 5 aliphatic rings. The van der Waals surface area contributed by atoms with Crippen molar-refractivity contribution in [2.45, 2.75) is 82.5 Å². The summed E-state index contributed by atoms with van der Waals surface area (Å²) < 4.78 is 48.8. The van der Waals surface area contributed by atoms with Gasteiger partial charge < -0.3 is 10.2 Å². The standard InChI is InChI=1S/C32H38F3NO4S/c1-4-5-19-6-8-20(9-7-19)15-36-16-21-12-23-24-14-26(34)25-13-22(37)10-11-28(25,2)32(24,35)30(39,18-33)17-29(23,3)31(21,40-36)27(38)41/h6-11,13,21,23-24,26,39H,4-5,12,14-18H2,1-3H3,(H,38,41)/t21-,23-,24-,26-,28-,29-,30-,31-,32+/m0/s1. The molecular weight excluding hydrogens is 551 g/mol. The Kier molecular flexibility index (Phi) is 6.70. The van der Waals surface area contributed by atoms with E-state index in [0.717, 1.165) is 24.5 Å². The van der Waals surface area contributed by atoms with E-state index in [-0.39, 0.29) is 24.3 Å². The number of alkyl halides is 3. The van der Waals surface area contributed by atoms with Crippen LogP contribution in [0.4, 0.5) is 13.2 Å². The van der Waals surface area contributed by atoms with Gasteiger partial charge in [0.15, 0.2) is 22.1 Å². The van der Waals surface area contributed by atoms with Crippen LogP contribution in [0.3, 0.4) is 0 Å². The molecule has 3 saturated carbocycles. The van der Waals surface area contributed by atoms with Crippen molar-refractivity contribution in [1.29, 1.82) is 0 Å². The number of carbonyl (C=O) groups excluding carboxylic acids is 1. The fourth-order valence-electron chi connectivity index (χ4n) is 9.56. The van der Waals surface area contributed by atoms with Crippen molar-refractivity contribution in [1.82, 2.24) is 5.06 Å². The van der Waals surface area contributed by atoms with Crippen LogP contribution >= 0.6 is 12.2 Å². The molecule has 5 nitrogen and oxygen atoms in total. The molecule has 0 amide bonds. The number of hydrogen-bond acceptors (Lipinski definition) is 5. The van der Waals surface area contributed by atoms with Crippen molar-refractivity contribution in [3.8, 4) is 0 Å². The Balaban J connectivity index is 1.38. The third-order valence-electron chi connectivity index (χ3n) is 11.3. The first kappa shape index (κ1) is 29.0. The molecular formula is C32H38F3NO4S. The van der Waals surface area contributed by atoms with Crippen LogP contribution < -0.4 is 0 Å². The van der Waals surface area contributed by atoms with Crippen LogP contribution in [-0.4, -0.2) is 62.4 Å². The maximum atomic E-state index is 17.8. The van der Waals surface area contributed by atoms with Gasteiger partial charge in [0.2, 0.25) is 0 Å². The van der Waals surface area contributed by atoms with Gasteiger partial charge in [0.25, 0.3) is 0 Å². The third kappa shape index (κ3) is 3.64. The van der Waals surface area contributed by atoms with E-state index in [1.54, 1.807) is 12.0 Å². The molecule has 1 saturated heterocycles. The van der Waals surface area contributed by atoms with E-state index < -0.39 is 63.2 Å². The lowest BCUT2D eigenvalue weighted by Crippen LogP contribution is -2.76. The van der Waals surface area contributed by atoms with Crippen LogP contribution in [0.1, 0.15) is 57.6 Å². The molecule has 1 aromatic carbocycles. The van der Waals surface area contributed by atoms with E-state index in [2.05, 4.69) is 19.1 Å². The second-order valence-corrected chi connectivity index (χ2v) is 13.8. The predicted molar refractivity (Wildman–Crippen MR) is 152 cm³/mol. The first-order chi connectivity index (χ1) is 19.3. The summed E-state index contributed by atoms with van der Waals surface area (Å²) in [5.74, 6) is -2.49. The number of carbonyl (C=O) groups is 1. The summed E-state index contributed by atoms with van der Waals surface area (Å²) in [5.41, 5.74) is -7.32. The number of aliphatic hydroxyl groups is 2. The molecule has 6 rings (SSSR count). The number of fused-ring (bicyclic) bond motifs is 7. The molecule has 1 aliphatic heterocycles. The second-order valence-electron chi connectivity index (χ2n) is 13.4. The summed E-state index contributed by atoms with van der Waals surface area (Å²) in [5, 5.41) is 24.4. The van der Waals surface area contributed by atoms with E-state index in [1.807, 2.05) is 12.1 Å². The van der Waals surface area contributed by atoms with E-state index in [9.17, 15) is 15.0 Å². The van der Waals surface area contributed by atoms with Crippen molar-refractivity contribution in [3.63, 3.8) is 0 Å². The van der Waals surface area contributed by atoms with Gasteiger partial charge in [0, 0.05) is 35.8 Å². The smallest absolute Gasteiger partial charge is 0.192 e. The van der Waals surface area contributed by atoms with Gasteiger partial charge in [-0.1, -0.05) is 50.6 Å². The number of thiocarbonyl (C=S) groups is 1. The number of allylic oxidation sites excluding steroid dienone is 4.